The molecule has 0 aliphatic heterocycles. The van der Waals surface area contributed by atoms with Crippen molar-refractivity contribution in [2.75, 3.05) is 40.7 Å². The molecule has 10 nitrogen and oxygen atoms in total. The largest absolute Gasteiger partial charge is 0.416 e. The van der Waals surface area contributed by atoms with Gasteiger partial charge in [-0.2, -0.15) is 18.2 Å². The van der Waals surface area contributed by atoms with E-state index >= 15 is 0 Å². The van der Waals surface area contributed by atoms with Crippen LogP contribution in [0.25, 0.3) is 11.1 Å². The third kappa shape index (κ3) is 8.45. The number of halogens is 3. The van der Waals surface area contributed by atoms with Crippen LogP contribution in [0.2, 0.25) is 0 Å². The van der Waals surface area contributed by atoms with E-state index in [0.29, 0.717) is 39.8 Å². The quantitative estimate of drug-likeness (QED) is 0.130. The number of carbonyl (C=O) groups is 1. The summed E-state index contributed by atoms with van der Waals surface area (Å²) in [5.41, 5.74) is 1.54. The molecule has 232 valence electrons. The number of benzene rings is 3. The van der Waals surface area contributed by atoms with Crippen LogP contribution >= 0.6 is 0 Å². The Bertz CT molecular complexity index is 1720. The van der Waals surface area contributed by atoms with E-state index in [0.717, 1.165) is 12.1 Å². The smallest absolute Gasteiger partial charge is 0.394 e. The van der Waals surface area contributed by atoms with Gasteiger partial charge in [0, 0.05) is 52.6 Å². The van der Waals surface area contributed by atoms with Gasteiger partial charge in [-0.05, 0) is 74.0 Å². The monoisotopic (exact) mass is 627 g/mol. The molecule has 14 heteroatoms. The molecular formula is C30H32F3N7O3S. The number of urea groups is 1. The molecule has 0 radical (unpaired) electrons. The molecule has 0 saturated carbocycles. The van der Waals surface area contributed by atoms with Crippen LogP contribution in [0.4, 0.5) is 46.8 Å². The second-order valence-electron chi connectivity index (χ2n) is 9.82. The zero-order valence-electron chi connectivity index (χ0n) is 24.1. The van der Waals surface area contributed by atoms with E-state index in [2.05, 4.69) is 35.6 Å². The van der Waals surface area contributed by atoms with Crippen LogP contribution in [0.15, 0.2) is 88.3 Å². The minimum Gasteiger partial charge on any atom is -0.394 e. The average Bonchev–Trinajstić information content (AvgIpc) is 2.98. The van der Waals surface area contributed by atoms with Gasteiger partial charge in [0.15, 0.2) is 0 Å². The molecule has 0 aliphatic carbocycles. The van der Waals surface area contributed by atoms with Gasteiger partial charge in [-0.3, -0.25) is 0 Å². The highest BCUT2D eigenvalue weighted by Crippen LogP contribution is 2.31. The van der Waals surface area contributed by atoms with Gasteiger partial charge < -0.3 is 26.4 Å². The Hall–Kier alpha value is -4.69. The van der Waals surface area contributed by atoms with Crippen molar-refractivity contribution in [3.05, 3.63) is 84.6 Å². The molecule has 3 aromatic carbocycles. The van der Waals surface area contributed by atoms with Crippen molar-refractivity contribution in [2.45, 2.75) is 31.0 Å². The third-order valence-corrected chi connectivity index (χ3v) is 8.17. The normalized spacial score (nSPS) is 13.3. The Labute approximate surface area is 253 Å². The van der Waals surface area contributed by atoms with Crippen LogP contribution in [-0.2, 0) is 15.9 Å². The Morgan fingerprint density at radius 1 is 1.00 bits per heavy atom. The number of hydrogen-bond acceptors (Lipinski definition) is 8. The van der Waals surface area contributed by atoms with Gasteiger partial charge in [-0.15, -0.1) is 0 Å². The molecule has 44 heavy (non-hydrogen) atoms. The van der Waals surface area contributed by atoms with Crippen molar-refractivity contribution in [1.82, 2.24) is 9.97 Å². The fourth-order valence-electron chi connectivity index (χ4n) is 4.08. The first-order valence-electron chi connectivity index (χ1n) is 13.5. The fourth-order valence-corrected chi connectivity index (χ4v) is 5.37. The van der Waals surface area contributed by atoms with E-state index in [-0.39, 0.29) is 24.3 Å². The van der Waals surface area contributed by atoms with Gasteiger partial charge in [0.2, 0.25) is 5.95 Å². The van der Waals surface area contributed by atoms with E-state index in [1.165, 1.54) is 12.1 Å². The van der Waals surface area contributed by atoms with Crippen molar-refractivity contribution in [1.29, 1.82) is 0 Å². The first-order valence-corrected chi connectivity index (χ1v) is 15.5. The minimum atomic E-state index is -4.52. The van der Waals surface area contributed by atoms with Crippen molar-refractivity contribution < 1.29 is 27.3 Å². The lowest BCUT2D eigenvalue weighted by molar-refractivity contribution is -0.137. The molecule has 5 N–H and O–H groups in total. The maximum atomic E-state index is 13.0. The standard InChI is InChI=1S/C30H32F3N7O3S/c1-4-35-44(3,43)25-14-12-22(13-15-25)37-28-34-17-26(27(40-28)36-19(2)18-41)20-8-10-23(11-9-20)38-29(42)39-24-7-5-6-21(16-24)30(31,32)33/h5-17,19,41H,4,18H2,1-3H3,(H2,38,39,42)(H2,34,36,37,40). The first-order chi connectivity index (χ1) is 20.9. The van der Waals surface area contributed by atoms with Gasteiger partial charge in [-0.1, -0.05) is 18.2 Å². The summed E-state index contributed by atoms with van der Waals surface area (Å²) in [6.45, 7) is 3.94. The summed E-state index contributed by atoms with van der Waals surface area (Å²) >= 11 is 0. The fraction of sp³-hybridized carbons (Fsp3) is 0.233. The molecule has 1 aromatic heterocycles. The molecule has 2 unspecified atom stereocenters. The molecular weight excluding hydrogens is 595 g/mol. The van der Waals surface area contributed by atoms with Crippen LogP contribution < -0.4 is 21.3 Å². The van der Waals surface area contributed by atoms with Gasteiger partial charge >= 0.3 is 12.2 Å². The number of anilines is 5. The van der Waals surface area contributed by atoms with E-state index < -0.39 is 27.5 Å². The zero-order chi connectivity index (χ0) is 31.9. The summed E-state index contributed by atoms with van der Waals surface area (Å²) in [6.07, 6.45) is -1.32. The molecule has 2 atom stereocenters. The minimum absolute atomic E-state index is 0.00135. The molecule has 1 heterocycles. The SMILES string of the molecule is CCN=S(C)(=O)c1ccc(Nc2ncc(-c3ccc(NC(=O)Nc4cccc(C(F)(F)F)c4)cc3)c(NC(C)CO)n2)cc1. The predicted molar refractivity (Wildman–Crippen MR) is 167 cm³/mol. The number of aliphatic hydroxyl groups excluding tert-OH is 1. The number of aliphatic hydroxyl groups is 1. The average molecular weight is 628 g/mol. The number of carbonyl (C=O) groups excluding carboxylic acids is 1. The Morgan fingerprint density at radius 3 is 2.30 bits per heavy atom. The molecule has 0 saturated heterocycles. The molecule has 0 spiro atoms. The lowest BCUT2D eigenvalue weighted by Gasteiger charge is -2.17. The summed E-state index contributed by atoms with van der Waals surface area (Å²) in [4.78, 5) is 22.0. The lowest BCUT2D eigenvalue weighted by atomic mass is 10.1. The number of hydrogen-bond donors (Lipinski definition) is 5. The highest BCUT2D eigenvalue weighted by Gasteiger charge is 2.30. The number of amides is 2. The maximum Gasteiger partial charge on any atom is 0.416 e. The summed E-state index contributed by atoms with van der Waals surface area (Å²) in [5.74, 6) is 0.733. The summed E-state index contributed by atoms with van der Waals surface area (Å²) in [5, 5.41) is 20.9. The van der Waals surface area contributed by atoms with Gasteiger partial charge in [-0.25, -0.2) is 18.4 Å². The summed E-state index contributed by atoms with van der Waals surface area (Å²) in [7, 11) is -2.47. The number of alkyl halides is 3. The molecule has 4 rings (SSSR count). The molecule has 0 aliphatic rings. The first kappa shape index (κ1) is 32.2. The second kappa shape index (κ2) is 13.7. The Morgan fingerprint density at radius 2 is 1.66 bits per heavy atom. The molecule has 2 amide bonds. The highest BCUT2D eigenvalue weighted by atomic mass is 32.2. The van der Waals surface area contributed by atoms with E-state index in [1.807, 2.05) is 6.92 Å². The Kier molecular flexibility index (Phi) is 10.1. The topological polar surface area (TPSA) is 141 Å². The van der Waals surface area contributed by atoms with Crippen LogP contribution in [0.3, 0.4) is 0 Å². The summed E-state index contributed by atoms with van der Waals surface area (Å²) in [6, 6.07) is 17.0. The third-order valence-electron chi connectivity index (χ3n) is 6.27. The van der Waals surface area contributed by atoms with E-state index in [4.69, 9.17) is 0 Å². The molecule has 0 bridgehead atoms. The number of nitrogens with one attached hydrogen (secondary N) is 4. The van der Waals surface area contributed by atoms with Crippen LogP contribution in [0.1, 0.15) is 19.4 Å². The number of rotatable bonds is 10. The van der Waals surface area contributed by atoms with Gasteiger partial charge in [0.25, 0.3) is 0 Å². The lowest BCUT2D eigenvalue weighted by Crippen LogP contribution is -2.21. The molecule has 0 fully saturated rings. The maximum absolute atomic E-state index is 13.0. The van der Waals surface area contributed by atoms with E-state index in [1.54, 1.807) is 67.9 Å². The van der Waals surface area contributed by atoms with Crippen LogP contribution in [0, 0.1) is 0 Å². The van der Waals surface area contributed by atoms with Gasteiger partial charge in [0.05, 0.1) is 21.9 Å². The second-order valence-corrected chi connectivity index (χ2v) is 12.2. The van der Waals surface area contributed by atoms with Crippen molar-refractivity contribution in [3.8, 4) is 11.1 Å². The predicted octanol–water partition coefficient (Wildman–Crippen LogP) is 6.82. The van der Waals surface area contributed by atoms with Crippen molar-refractivity contribution >= 4 is 44.6 Å². The number of aromatic nitrogens is 2. The molecule has 4 aromatic rings. The summed E-state index contributed by atoms with van der Waals surface area (Å²) < 4.78 is 55.8. The number of nitrogens with zero attached hydrogens (tertiary/aromatic N) is 3. The van der Waals surface area contributed by atoms with Crippen LogP contribution in [-0.4, -0.2) is 50.8 Å². The van der Waals surface area contributed by atoms with Crippen LogP contribution in [0.5, 0.6) is 0 Å². The van der Waals surface area contributed by atoms with Crippen molar-refractivity contribution in [3.63, 3.8) is 0 Å². The van der Waals surface area contributed by atoms with Gasteiger partial charge in [0.1, 0.15) is 5.82 Å². The van der Waals surface area contributed by atoms with Crippen molar-refractivity contribution in [2.24, 2.45) is 4.36 Å². The zero-order valence-corrected chi connectivity index (χ0v) is 25.0. The Balaban J connectivity index is 1.50. The highest BCUT2D eigenvalue weighted by molar-refractivity contribution is 7.93. The van der Waals surface area contributed by atoms with E-state index in [9.17, 15) is 27.3 Å².